The Bertz CT molecular complexity index is 426. The summed E-state index contributed by atoms with van der Waals surface area (Å²) in [7, 11) is 0. The normalized spacial score (nSPS) is 11.4. The van der Waals surface area contributed by atoms with E-state index in [-0.39, 0.29) is 59.1 Å². The van der Waals surface area contributed by atoms with Gasteiger partial charge in [-0.25, -0.2) is 0 Å². The maximum absolute atomic E-state index is 10.8. The molecule has 1 atom stereocenters. The van der Waals surface area contributed by atoms with Crippen molar-refractivity contribution in [2.45, 2.75) is 4.90 Å². The first-order chi connectivity index (χ1) is 7.56. The molecule has 0 aliphatic carbocycles. The van der Waals surface area contributed by atoms with Crippen molar-refractivity contribution in [1.29, 1.82) is 0 Å². The molecule has 1 rings (SSSR count). The fraction of sp³-hybridized carbons (Fsp3) is 0.250. The number of nitro groups is 1. The van der Waals surface area contributed by atoms with E-state index in [1.807, 2.05) is 0 Å². The molecule has 0 amide bonds. The zero-order valence-corrected chi connectivity index (χ0v) is 11.8. The first-order valence-corrected chi connectivity index (χ1v) is 5.25. The van der Waals surface area contributed by atoms with Gasteiger partial charge in [0.05, 0.1) is 16.4 Å². The number of aliphatic hydroxyl groups is 1. The van der Waals surface area contributed by atoms with Crippen molar-refractivity contribution in [3.63, 3.8) is 0 Å². The molecule has 17 heavy (non-hydrogen) atoms. The third kappa shape index (κ3) is 4.70. The van der Waals surface area contributed by atoms with Crippen molar-refractivity contribution < 1.29 is 53.1 Å². The van der Waals surface area contributed by atoms with Crippen LogP contribution in [0, 0.1) is 10.1 Å². The van der Waals surface area contributed by atoms with Gasteiger partial charge in [0.1, 0.15) is 12.4 Å². The molecule has 88 valence electrons. The van der Waals surface area contributed by atoms with Crippen LogP contribution in [0.1, 0.15) is 0 Å². The summed E-state index contributed by atoms with van der Waals surface area (Å²) >= 11 is -2.63. The Morgan fingerprint density at radius 1 is 1.47 bits per heavy atom. The van der Waals surface area contributed by atoms with Crippen molar-refractivity contribution in [2.24, 2.45) is 0 Å². The first kappa shape index (κ1) is 16.5. The molecule has 7 nitrogen and oxygen atoms in total. The summed E-state index contributed by atoms with van der Waals surface area (Å²) in [5.74, 6) is -0.0204. The number of hydrogen-bond donors (Lipinski definition) is 1. The standard InChI is InChI=1S/C8H9NO6S.Na/c10-3-4-15-7-2-1-6(9(11)12)5-8(7)16(13)14;/h1-2,5,10H,3-4H2,(H,13,14);/q;+1/p-1. The summed E-state index contributed by atoms with van der Waals surface area (Å²) < 4.78 is 26.5. The van der Waals surface area contributed by atoms with Gasteiger partial charge in [-0.2, -0.15) is 0 Å². The predicted octanol–water partition coefficient (Wildman–Crippen LogP) is -2.79. The third-order valence-corrected chi connectivity index (χ3v) is 2.34. The van der Waals surface area contributed by atoms with Crippen LogP contribution in [0.3, 0.4) is 0 Å². The maximum Gasteiger partial charge on any atom is 1.00 e. The van der Waals surface area contributed by atoms with E-state index in [4.69, 9.17) is 9.84 Å². The molecular weight excluding hydrogens is 261 g/mol. The number of benzene rings is 1. The number of aliphatic hydroxyl groups excluding tert-OH is 1. The van der Waals surface area contributed by atoms with Gasteiger partial charge in [0.25, 0.3) is 5.69 Å². The zero-order chi connectivity index (χ0) is 12.1. The second-order valence-electron chi connectivity index (χ2n) is 2.69. The molecule has 0 saturated carbocycles. The smallest absolute Gasteiger partial charge is 0.768 e. The van der Waals surface area contributed by atoms with Gasteiger partial charge in [0.15, 0.2) is 0 Å². The second kappa shape index (κ2) is 7.75. The second-order valence-corrected chi connectivity index (χ2v) is 3.60. The Labute approximate surface area is 122 Å². The van der Waals surface area contributed by atoms with Crippen LogP contribution in [-0.4, -0.2) is 32.0 Å². The Hall–Kier alpha value is -0.510. The minimum atomic E-state index is -2.63. The molecule has 0 spiro atoms. The predicted molar refractivity (Wildman–Crippen MR) is 52.9 cm³/mol. The van der Waals surface area contributed by atoms with Crippen molar-refractivity contribution in [2.75, 3.05) is 13.2 Å². The van der Waals surface area contributed by atoms with Gasteiger partial charge in [0.2, 0.25) is 0 Å². The number of hydrogen-bond acceptors (Lipinski definition) is 6. The minimum Gasteiger partial charge on any atom is -0.768 e. The molecule has 1 aromatic carbocycles. The number of nitro benzene ring substituents is 1. The van der Waals surface area contributed by atoms with Crippen LogP contribution in [0.4, 0.5) is 5.69 Å². The Balaban J connectivity index is 0.00000256. The molecule has 0 radical (unpaired) electrons. The molecule has 1 aromatic rings. The fourth-order valence-electron chi connectivity index (χ4n) is 1.02. The molecule has 0 bridgehead atoms. The molecule has 0 aliphatic rings. The van der Waals surface area contributed by atoms with Crippen molar-refractivity contribution in [3.05, 3.63) is 28.3 Å². The van der Waals surface area contributed by atoms with E-state index in [1.54, 1.807) is 0 Å². The monoisotopic (exact) mass is 269 g/mol. The number of rotatable bonds is 5. The summed E-state index contributed by atoms with van der Waals surface area (Å²) in [6.07, 6.45) is 0. The van der Waals surface area contributed by atoms with Crippen LogP contribution in [0.15, 0.2) is 23.1 Å². The summed E-state index contributed by atoms with van der Waals surface area (Å²) in [4.78, 5) is 9.42. The van der Waals surface area contributed by atoms with Gasteiger partial charge in [-0.3, -0.25) is 14.3 Å². The van der Waals surface area contributed by atoms with Gasteiger partial charge < -0.3 is 14.4 Å². The van der Waals surface area contributed by atoms with Gasteiger partial charge in [-0.1, -0.05) is 0 Å². The van der Waals surface area contributed by atoms with E-state index in [2.05, 4.69) is 0 Å². The van der Waals surface area contributed by atoms with Crippen LogP contribution < -0.4 is 34.3 Å². The molecule has 0 aliphatic heterocycles. The molecule has 9 heteroatoms. The van der Waals surface area contributed by atoms with E-state index >= 15 is 0 Å². The SMILES string of the molecule is O=[N+]([O-])c1ccc(OCCO)c(S(=O)[O-])c1.[Na+]. The van der Waals surface area contributed by atoms with Crippen LogP contribution in [0.2, 0.25) is 0 Å². The van der Waals surface area contributed by atoms with Crippen LogP contribution in [0.25, 0.3) is 0 Å². The Kier molecular flexibility index (Phi) is 7.51. The van der Waals surface area contributed by atoms with E-state index in [9.17, 15) is 18.9 Å². The van der Waals surface area contributed by atoms with Crippen molar-refractivity contribution in [1.82, 2.24) is 0 Å². The zero-order valence-electron chi connectivity index (χ0n) is 8.99. The van der Waals surface area contributed by atoms with Crippen molar-refractivity contribution in [3.8, 4) is 5.75 Å². The fourth-order valence-corrected chi connectivity index (χ4v) is 1.52. The van der Waals surface area contributed by atoms with Gasteiger partial charge >= 0.3 is 29.6 Å². The molecule has 1 unspecified atom stereocenters. The molecular formula is C8H8NNaO6S. The van der Waals surface area contributed by atoms with E-state index in [1.165, 1.54) is 6.07 Å². The molecule has 0 aromatic heterocycles. The number of ether oxygens (including phenoxy) is 1. The Morgan fingerprint density at radius 2 is 2.12 bits per heavy atom. The molecule has 0 heterocycles. The van der Waals surface area contributed by atoms with Gasteiger partial charge in [0, 0.05) is 12.1 Å². The maximum atomic E-state index is 10.8. The van der Waals surface area contributed by atoms with Crippen LogP contribution in [-0.2, 0) is 11.1 Å². The number of non-ortho nitro benzene ring substituents is 1. The average molecular weight is 269 g/mol. The van der Waals surface area contributed by atoms with Crippen molar-refractivity contribution >= 4 is 16.8 Å². The largest absolute Gasteiger partial charge is 1.00 e. The third-order valence-electron chi connectivity index (χ3n) is 1.67. The molecule has 1 N–H and O–H groups in total. The average Bonchev–Trinajstić information content (AvgIpc) is 2.25. The first-order valence-electron chi connectivity index (χ1n) is 4.17. The summed E-state index contributed by atoms with van der Waals surface area (Å²) in [6.45, 7) is -0.357. The van der Waals surface area contributed by atoms with Gasteiger partial charge in [-0.15, -0.1) is 0 Å². The number of nitrogens with zero attached hydrogens (tertiary/aromatic N) is 1. The van der Waals surface area contributed by atoms with E-state index < -0.39 is 16.0 Å². The Morgan fingerprint density at radius 3 is 2.59 bits per heavy atom. The minimum absolute atomic E-state index is 0. The summed E-state index contributed by atoms with van der Waals surface area (Å²) in [6, 6.07) is 3.21. The quantitative estimate of drug-likeness (QED) is 0.267. The van der Waals surface area contributed by atoms with Crippen LogP contribution in [0.5, 0.6) is 5.75 Å². The molecule has 0 saturated heterocycles. The van der Waals surface area contributed by atoms with E-state index in [0.29, 0.717) is 0 Å². The van der Waals surface area contributed by atoms with E-state index in [0.717, 1.165) is 12.1 Å². The van der Waals surface area contributed by atoms with Gasteiger partial charge in [-0.05, 0) is 17.1 Å². The van der Waals surface area contributed by atoms with Crippen LogP contribution >= 0.6 is 0 Å². The summed E-state index contributed by atoms with van der Waals surface area (Å²) in [5.41, 5.74) is -0.337. The summed E-state index contributed by atoms with van der Waals surface area (Å²) in [5, 5.41) is 18.9. The topological polar surface area (TPSA) is 113 Å². The molecule has 0 fully saturated rings.